The van der Waals surface area contributed by atoms with E-state index in [4.69, 9.17) is 4.74 Å². The number of nitrogens with one attached hydrogen (secondary N) is 3. The summed E-state index contributed by atoms with van der Waals surface area (Å²) in [5.74, 6) is 1.50. The zero-order chi connectivity index (χ0) is 21.0. The predicted octanol–water partition coefficient (Wildman–Crippen LogP) is 1.73. The zero-order valence-electron chi connectivity index (χ0n) is 17.6. The standard InChI is InChI=1S/C22H32N6O2/c1-2-23-22(24-12-3-15-28-16-4-13-26-28)25-14-11-18-5-9-20(10-6-18)30-17-21(29)27-19-7-8-19/h4-6,9-10,13,16,19H,2-3,7-8,11-12,14-15,17H2,1H3,(H,27,29)(H2,23,24,25). The van der Waals surface area contributed by atoms with Crippen LogP contribution < -0.4 is 20.7 Å². The molecule has 0 atom stereocenters. The Hall–Kier alpha value is -3.03. The normalized spacial score (nSPS) is 13.7. The molecule has 3 rings (SSSR count). The first kappa shape index (κ1) is 21.7. The van der Waals surface area contributed by atoms with Gasteiger partial charge in [0, 0.05) is 44.6 Å². The van der Waals surface area contributed by atoms with Gasteiger partial charge in [-0.3, -0.25) is 14.5 Å². The molecule has 0 radical (unpaired) electrons. The van der Waals surface area contributed by atoms with E-state index in [0.717, 1.165) is 57.8 Å². The van der Waals surface area contributed by atoms with Gasteiger partial charge in [-0.25, -0.2) is 0 Å². The minimum atomic E-state index is -0.0503. The molecule has 1 aliphatic carbocycles. The number of aromatic nitrogens is 2. The summed E-state index contributed by atoms with van der Waals surface area (Å²) in [5.41, 5.74) is 1.20. The van der Waals surface area contributed by atoms with E-state index in [2.05, 4.69) is 33.0 Å². The summed E-state index contributed by atoms with van der Waals surface area (Å²) in [5, 5.41) is 13.8. The number of ether oxygens (including phenoxy) is 1. The van der Waals surface area contributed by atoms with Gasteiger partial charge in [-0.1, -0.05) is 12.1 Å². The SMILES string of the molecule is CCNC(=NCCCn1cccn1)NCCc1ccc(OCC(=O)NC2CC2)cc1. The summed E-state index contributed by atoms with van der Waals surface area (Å²) in [7, 11) is 0. The second kappa shape index (κ2) is 11.8. The number of rotatable bonds is 12. The number of carbonyl (C=O) groups is 1. The molecule has 1 heterocycles. The Morgan fingerprint density at radius 2 is 2.10 bits per heavy atom. The van der Waals surface area contributed by atoms with Crippen LogP contribution in [0.2, 0.25) is 0 Å². The maximum Gasteiger partial charge on any atom is 0.258 e. The Morgan fingerprint density at radius 1 is 1.27 bits per heavy atom. The van der Waals surface area contributed by atoms with E-state index < -0.39 is 0 Å². The van der Waals surface area contributed by atoms with Crippen LogP contribution in [0.15, 0.2) is 47.7 Å². The first-order valence-electron chi connectivity index (χ1n) is 10.7. The predicted molar refractivity (Wildman–Crippen MR) is 118 cm³/mol. The average Bonchev–Trinajstić information content (AvgIpc) is 3.41. The second-order valence-electron chi connectivity index (χ2n) is 7.33. The monoisotopic (exact) mass is 412 g/mol. The Bertz CT molecular complexity index is 784. The number of aryl methyl sites for hydroxylation is 1. The van der Waals surface area contributed by atoms with Crippen LogP contribution in [-0.2, 0) is 17.8 Å². The molecule has 1 aromatic carbocycles. The smallest absolute Gasteiger partial charge is 0.258 e. The molecule has 0 bridgehead atoms. The highest BCUT2D eigenvalue weighted by Crippen LogP contribution is 2.18. The number of nitrogens with zero attached hydrogens (tertiary/aromatic N) is 3. The minimum absolute atomic E-state index is 0.0503. The molecule has 0 spiro atoms. The van der Waals surface area contributed by atoms with Crippen LogP contribution in [0.3, 0.4) is 0 Å². The van der Waals surface area contributed by atoms with Crippen molar-refractivity contribution in [2.75, 3.05) is 26.2 Å². The van der Waals surface area contributed by atoms with Gasteiger partial charge in [-0.2, -0.15) is 5.10 Å². The topological polar surface area (TPSA) is 92.6 Å². The molecule has 0 unspecified atom stereocenters. The summed E-state index contributed by atoms with van der Waals surface area (Å²) in [6.45, 7) is 5.35. The second-order valence-corrected chi connectivity index (χ2v) is 7.33. The number of hydrogen-bond acceptors (Lipinski definition) is 4. The lowest BCUT2D eigenvalue weighted by molar-refractivity contribution is -0.123. The third kappa shape index (κ3) is 8.14. The van der Waals surface area contributed by atoms with Crippen molar-refractivity contribution >= 4 is 11.9 Å². The number of amides is 1. The first-order valence-corrected chi connectivity index (χ1v) is 10.7. The quantitative estimate of drug-likeness (QED) is 0.281. The van der Waals surface area contributed by atoms with Crippen LogP contribution in [-0.4, -0.2) is 53.9 Å². The zero-order valence-corrected chi connectivity index (χ0v) is 17.6. The fourth-order valence-corrected chi connectivity index (χ4v) is 2.92. The van der Waals surface area contributed by atoms with Crippen molar-refractivity contribution in [3.05, 3.63) is 48.3 Å². The molecule has 0 saturated heterocycles. The molecule has 8 heteroatoms. The molecular formula is C22H32N6O2. The Kier molecular flexibility index (Phi) is 8.56. The van der Waals surface area contributed by atoms with Crippen LogP contribution in [0.5, 0.6) is 5.75 Å². The maximum absolute atomic E-state index is 11.7. The van der Waals surface area contributed by atoms with Crippen LogP contribution in [0.1, 0.15) is 31.7 Å². The van der Waals surface area contributed by atoms with Crippen molar-refractivity contribution in [2.24, 2.45) is 4.99 Å². The van der Waals surface area contributed by atoms with Crippen LogP contribution >= 0.6 is 0 Å². The van der Waals surface area contributed by atoms with Gasteiger partial charge in [-0.15, -0.1) is 0 Å². The summed E-state index contributed by atoms with van der Waals surface area (Å²) in [4.78, 5) is 16.3. The van der Waals surface area contributed by atoms with Gasteiger partial charge < -0.3 is 20.7 Å². The van der Waals surface area contributed by atoms with Gasteiger partial charge in [0.15, 0.2) is 12.6 Å². The molecule has 3 N–H and O–H groups in total. The highest BCUT2D eigenvalue weighted by Gasteiger charge is 2.23. The molecule has 1 saturated carbocycles. The number of aliphatic imine (C=N–C) groups is 1. The van der Waals surface area contributed by atoms with Crippen molar-refractivity contribution < 1.29 is 9.53 Å². The highest BCUT2D eigenvalue weighted by molar-refractivity contribution is 5.79. The Balaban J connectivity index is 1.34. The van der Waals surface area contributed by atoms with E-state index >= 15 is 0 Å². The third-order valence-electron chi connectivity index (χ3n) is 4.66. The minimum Gasteiger partial charge on any atom is -0.484 e. The number of carbonyl (C=O) groups excluding carboxylic acids is 1. The lowest BCUT2D eigenvalue weighted by Crippen LogP contribution is -2.38. The van der Waals surface area contributed by atoms with Crippen molar-refractivity contribution in [3.63, 3.8) is 0 Å². The number of hydrogen-bond donors (Lipinski definition) is 3. The molecule has 8 nitrogen and oxygen atoms in total. The molecule has 1 aromatic heterocycles. The fraction of sp³-hybridized carbons (Fsp3) is 0.500. The summed E-state index contributed by atoms with van der Waals surface area (Å²) in [6, 6.07) is 10.2. The lowest BCUT2D eigenvalue weighted by Gasteiger charge is -2.12. The van der Waals surface area contributed by atoms with E-state index in [1.807, 2.05) is 41.2 Å². The molecule has 1 fully saturated rings. The van der Waals surface area contributed by atoms with Gasteiger partial charge in [0.05, 0.1) is 0 Å². The van der Waals surface area contributed by atoms with Gasteiger partial charge in [0.2, 0.25) is 0 Å². The molecule has 1 aliphatic rings. The first-order chi connectivity index (χ1) is 14.7. The van der Waals surface area contributed by atoms with Crippen molar-refractivity contribution in [1.82, 2.24) is 25.7 Å². The average molecular weight is 413 g/mol. The molecule has 2 aromatic rings. The highest BCUT2D eigenvalue weighted by atomic mass is 16.5. The maximum atomic E-state index is 11.7. The van der Waals surface area contributed by atoms with E-state index in [1.165, 1.54) is 5.56 Å². The van der Waals surface area contributed by atoms with Crippen molar-refractivity contribution in [1.29, 1.82) is 0 Å². The summed E-state index contributed by atoms with van der Waals surface area (Å²) in [6.07, 6.45) is 7.74. The molecule has 1 amide bonds. The van der Waals surface area contributed by atoms with Crippen molar-refractivity contribution in [2.45, 2.75) is 45.2 Å². The molecule has 0 aliphatic heterocycles. The van der Waals surface area contributed by atoms with Gasteiger partial charge in [0.1, 0.15) is 5.75 Å². The van der Waals surface area contributed by atoms with E-state index in [-0.39, 0.29) is 12.5 Å². The molecule has 30 heavy (non-hydrogen) atoms. The lowest BCUT2D eigenvalue weighted by atomic mass is 10.1. The molecule has 162 valence electrons. The van der Waals surface area contributed by atoms with Crippen LogP contribution in [0, 0.1) is 0 Å². The van der Waals surface area contributed by atoms with Crippen molar-refractivity contribution in [3.8, 4) is 5.75 Å². The third-order valence-corrected chi connectivity index (χ3v) is 4.66. The van der Waals surface area contributed by atoms with E-state index in [1.54, 1.807) is 6.20 Å². The van der Waals surface area contributed by atoms with E-state index in [9.17, 15) is 4.79 Å². The van der Waals surface area contributed by atoms with Crippen LogP contribution in [0.25, 0.3) is 0 Å². The Labute approximate surface area is 178 Å². The Morgan fingerprint density at radius 3 is 2.80 bits per heavy atom. The molecular weight excluding hydrogens is 380 g/mol. The van der Waals surface area contributed by atoms with Gasteiger partial charge in [-0.05, 0) is 56.4 Å². The summed E-state index contributed by atoms with van der Waals surface area (Å²) < 4.78 is 7.46. The van der Waals surface area contributed by atoms with Crippen LogP contribution in [0.4, 0.5) is 0 Å². The van der Waals surface area contributed by atoms with Gasteiger partial charge >= 0.3 is 0 Å². The number of benzene rings is 1. The number of guanidine groups is 1. The fourth-order valence-electron chi connectivity index (χ4n) is 2.92. The largest absolute Gasteiger partial charge is 0.484 e. The van der Waals surface area contributed by atoms with Gasteiger partial charge in [0.25, 0.3) is 5.91 Å². The summed E-state index contributed by atoms with van der Waals surface area (Å²) >= 11 is 0. The van der Waals surface area contributed by atoms with E-state index in [0.29, 0.717) is 11.8 Å².